The Bertz CT molecular complexity index is 1510. The van der Waals surface area contributed by atoms with E-state index in [1.807, 2.05) is 12.2 Å². The van der Waals surface area contributed by atoms with Crippen LogP contribution in [0.1, 0.15) is 59.1 Å². The van der Waals surface area contributed by atoms with Crippen molar-refractivity contribution in [3.05, 3.63) is 139 Å². The van der Waals surface area contributed by atoms with Crippen LogP contribution in [0.25, 0.3) is 21.5 Å². The van der Waals surface area contributed by atoms with Gasteiger partial charge in [0.05, 0.1) is 0 Å². The SMILES string of the molecule is CC(C)(C)c1ccc2c(c1)[cH-]c1cc(C(C)(C)C)ccc12.[C-]1=CC=CC1.[Cl-].[Cl-].[Zr+2]=[Si](c1ccccc1)c1ccccc1. The molecule has 0 aliphatic heterocycles. The fourth-order valence-electron chi connectivity index (χ4n) is 4.67. The Morgan fingerprint density at radius 3 is 1.38 bits per heavy atom. The van der Waals surface area contributed by atoms with Crippen molar-refractivity contribution in [2.24, 2.45) is 0 Å². The molecule has 0 saturated heterocycles. The predicted octanol–water partition coefficient (Wildman–Crippen LogP) is 2.96. The molecule has 0 saturated carbocycles. The molecule has 0 fully saturated rings. The summed E-state index contributed by atoms with van der Waals surface area (Å²) in [4.78, 5) is 0. The van der Waals surface area contributed by atoms with Crippen LogP contribution in [-0.2, 0) is 34.2 Å². The van der Waals surface area contributed by atoms with E-state index in [9.17, 15) is 0 Å². The van der Waals surface area contributed by atoms with E-state index >= 15 is 0 Å². The molecule has 0 N–H and O–H groups in total. The third-order valence-electron chi connectivity index (χ3n) is 7.15. The first-order valence-electron chi connectivity index (χ1n) is 14.1. The Morgan fingerprint density at radius 2 is 1.07 bits per heavy atom. The van der Waals surface area contributed by atoms with Crippen molar-refractivity contribution in [1.82, 2.24) is 0 Å². The molecule has 0 nitrogen and oxygen atoms in total. The van der Waals surface area contributed by atoms with Crippen molar-refractivity contribution in [3.8, 4) is 0 Å². The maximum absolute atomic E-state index is 2.99. The van der Waals surface area contributed by atoms with E-state index in [4.69, 9.17) is 0 Å². The molecule has 1 aliphatic carbocycles. The van der Waals surface area contributed by atoms with Gasteiger partial charge in [0.25, 0.3) is 0 Å². The van der Waals surface area contributed by atoms with E-state index in [2.05, 4.69) is 157 Å². The zero-order valence-electron chi connectivity index (χ0n) is 25.5. The van der Waals surface area contributed by atoms with Gasteiger partial charge in [0.1, 0.15) is 0 Å². The standard InChI is InChI=1S/C21H25.C12H10Si.C5H5.2ClH.Zr/c1-20(2,3)16-7-9-18-14(12-16)11-15-13-17(21(4,5)6)8-10-19(15)18;1-3-7-11(8-4-1)13-12-9-5-2-6-10-12;1-2-4-5-3-1;;;/h7-13H,1-6H3;1-10H;1-3H,4H2;2*1H;/q-1;;-1;;;+2/p-2. The molecule has 0 radical (unpaired) electrons. The summed E-state index contributed by atoms with van der Waals surface area (Å²) in [5.41, 5.74) is 2.76. The number of hydrogen-bond acceptors (Lipinski definition) is 0. The van der Waals surface area contributed by atoms with Crippen LogP contribution in [0.3, 0.4) is 0 Å². The van der Waals surface area contributed by atoms with Crippen LogP contribution >= 0.6 is 0 Å². The Morgan fingerprint density at radius 1 is 0.643 bits per heavy atom. The number of allylic oxidation sites excluding steroid dienone is 4. The van der Waals surface area contributed by atoms with Gasteiger partial charge >= 0.3 is 99.8 Å². The summed E-state index contributed by atoms with van der Waals surface area (Å²) in [5.74, 6) is 0. The van der Waals surface area contributed by atoms with Crippen molar-refractivity contribution in [1.29, 1.82) is 0 Å². The average molecular weight is 687 g/mol. The van der Waals surface area contributed by atoms with E-state index in [0.717, 1.165) is 6.42 Å². The van der Waals surface area contributed by atoms with Gasteiger partial charge in [0, 0.05) is 0 Å². The summed E-state index contributed by atoms with van der Waals surface area (Å²) in [5, 5.41) is 8.51. The van der Waals surface area contributed by atoms with Crippen LogP contribution < -0.4 is 35.2 Å². The van der Waals surface area contributed by atoms with Crippen LogP contribution in [0.4, 0.5) is 0 Å². The Balaban J connectivity index is 0.000000253. The molecule has 42 heavy (non-hydrogen) atoms. The van der Waals surface area contributed by atoms with Crippen molar-refractivity contribution in [3.63, 3.8) is 0 Å². The number of halogens is 2. The second-order valence-corrected chi connectivity index (χ2v) is 18.0. The Labute approximate surface area is 280 Å². The average Bonchev–Trinajstić information content (AvgIpc) is 3.64. The van der Waals surface area contributed by atoms with Crippen molar-refractivity contribution in [2.45, 2.75) is 58.8 Å². The third-order valence-corrected chi connectivity index (χ3v) is 13.2. The van der Waals surface area contributed by atoms with E-state index in [1.54, 1.807) is 23.3 Å². The minimum atomic E-state index is -0.455. The van der Waals surface area contributed by atoms with Gasteiger partial charge in [-0.25, -0.2) is 12.2 Å². The van der Waals surface area contributed by atoms with Gasteiger partial charge in [-0.2, -0.15) is 6.08 Å². The molecule has 0 unspecified atom stereocenters. The van der Waals surface area contributed by atoms with Crippen LogP contribution in [0.15, 0.2) is 121 Å². The molecule has 0 heterocycles. The molecular weight excluding hydrogens is 647 g/mol. The number of hydrogen-bond donors (Lipinski definition) is 0. The summed E-state index contributed by atoms with van der Waals surface area (Å²) in [6.07, 6.45) is 10.0. The summed E-state index contributed by atoms with van der Waals surface area (Å²) in [6.45, 7) is 13.6. The second-order valence-electron chi connectivity index (χ2n) is 12.4. The van der Waals surface area contributed by atoms with Crippen molar-refractivity contribution < 1.29 is 48.1 Å². The second kappa shape index (κ2) is 16.1. The minimum absolute atomic E-state index is 0. The van der Waals surface area contributed by atoms with Crippen molar-refractivity contribution in [2.75, 3.05) is 0 Å². The molecule has 5 aromatic carbocycles. The van der Waals surface area contributed by atoms with E-state index < -0.39 is 5.43 Å². The fourth-order valence-corrected chi connectivity index (χ4v) is 8.51. The number of fused-ring (bicyclic) bond motifs is 3. The molecule has 0 bridgehead atoms. The van der Waals surface area contributed by atoms with Gasteiger partial charge in [0.2, 0.25) is 0 Å². The summed E-state index contributed by atoms with van der Waals surface area (Å²) >= 11 is 1.64. The molecule has 1 aliphatic rings. The quantitative estimate of drug-likeness (QED) is 0.198. The number of benzene rings is 4. The van der Waals surface area contributed by atoms with Gasteiger partial charge in [-0.15, -0.1) is 46.2 Å². The van der Waals surface area contributed by atoms with Crippen LogP contribution in [0, 0.1) is 6.08 Å². The van der Waals surface area contributed by atoms with E-state index in [1.165, 1.54) is 43.0 Å². The van der Waals surface area contributed by atoms with Gasteiger partial charge in [-0.3, -0.25) is 6.08 Å². The third kappa shape index (κ3) is 9.72. The molecule has 6 rings (SSSR count). The first kappa shape index (κ1) is 36.1. The van der Waals surface area contributed by atoms with Crippen LogP contribution in [-0.4, -0.2) is 5.43 Å². The molecule has 0 amide bonds. The molecule has 0 aromatic heterocycles. The number of rotatable bonds is 2. The zero-order chi connectivity index (χ0) is 28.8. The first-order chi connectivity index (χ1) is 19.0. The fraction of sp³-hybridized carbons (Fsp3) is 0.237. The Kier molecular flexibility index (Phi) is 13.9. The van der Waals surface area contributed by atoms with E-state index in [0.29, 0.717) is 0 Å². The predicted molar refractivity (Wildman–Crippen MR) is 174 cm³/mol. The van der Waals surface area contributed by atoms with Crippen molar-refractivity contribution >= 4 is 37.4 Å². The Hall–Kier alpha value is -2.09. The normalized spacial score (nSPS) is 12.0. The topological polar surface area (TPSA) is 0 Å². The summed E-state index contributed by atoms with van der Waals surface area (Å²) < 4.78 is 0. The first-order valence-corrected chi connectivity index (χ1v) is 19.3. The zero-order valence-corrected chi connectivity index (χ0v) is 30.5. The van der Waals surface area contributed by atoms with Crippen LogP contribution in [0.5, 0.6) is 0 Å². The molecule has 4 heteroatoms. The van der Waals surface area contributed by atoms with Gasteiger partial charge in [-0.05, 0) is 10.8 Å². The van der Waals surface area contributed by atoms with Crippen LogP contribution in [0.2, 0.25) is 0 Å². The molecular formula is C38H40Cl2SiZr-2. The molecule has 0 atom stereocenters. The van der Waals surface area contributed by atoms with Gasteiger partial charge in [0.15, 0.2) is 0 Å². The van der Waals surface area contributed by atoms with E-state index in [-0.39, 0.29) is 35.6 Å². The summed E-state index contributed by atoms with van der Waals surface area (Å²) in [6, 6.07) is 37.9. The molecule has 5 aromatic rings. The monoisotopic (exact) mass is 684 g/mol. The molecule has 0 spiro atoms. The maximum atomic E-state index is 2.99. The van der Waals surface area contributed by atoms with Gasteiger partial charge in [-0.1, -0.05) is 76.9 Å². The van der Waals surface area contributed by atoms with Gasteiger partial charge < -0.3 is 24.8 Å². The summed E-state index contributed by atoms with van der Waals surface area (Å²) in [7, 11) is 0. The molecule has 216 valence electrons.